The maximum absolute atomic E-state index is 11.2. The highest BCUT2D eigenvalue weighted by molar-refractivity contribution is 5.74. The predicted octanol–water partition coefficient (Wildman–Crippen LogP) is -0.191. The highest BCUT2D eigenvalue weighted by Crippen LogP contribution is 2.17. The van der Waals surface area contributed by atoms with E-state index in [0.717, 1.165) is 12.8 Å². The van der Waals surface area contributed by atoms with Crippen molar-refractivity contribution in [2.45, 2.75) is 38.3 Å². The van der Waals surface area contributed by atoms with Crippen LogP contribution in [0, 0.1) is 0 Å². The fourth-order valence-corrected chi connectivity index (χ4v) is 1.36. The smallest absolute Gasteiger partial charge is 0.315 e. The van der Waals surface area contributed by atoms with Gasteiger partial charge in [-0.1, -0.05) is 0 Å². The maximum atomic E-state index is 11.2. The zero-order valence-corrected chi connectivity index (χ0v) is 9.25. The van der Waals surface area contributed by atoms with Crippen molar-refractivity contribution in [3.05, 3.63) is 0 Å². The molecule has 5 heteroatoms. The Morgan fingerprint density at radius 3 is 2.73 bits per heavy atom. The third-order valence-corrected chi connectivity index (χ3v) is 2.47. The SMILES string of the molecule is CC(O)CNCCNC(=O)NC1CCC1. The van der Waals surface area contributed by atoms with Crippen LogP contribution in [0.2, 0.25) is 0 Å². The molecule has 0 spiro atoms. The molecule has 0 aromatic carbocycles. The molecule has 0 heterocycles. The fourth-order valence-electron chi connectivity index (χ4n) is 1.36. The molecule has 1 atom stereocenters. The van der Waals surface area contributed by atoms with Gasteiger partial charge in [0.1, 0.15) is 0 Å². The molecule has 1 aliphatic rings. The number of aliphatic hydroxyl groups is 1. The molecule has 1 fully saturated rings. The topological polar surface area (TPSA) is 73.4 Å². The van der Waals surface area contributed by atoms with Crippen molar-refractivity contribution in [1.29, 1.82) is 0 Å². The van der Waals surface area contributed by atoms with E-state index in [1.165, 1.54) is 6.42 Å². The number of amides is 2. The lowest BCUT2D eigenvalue weighted by atomic mass is 9.93. The van der Waals surface area contributed by atoms with E-state index in [-0.39, 0.29) is 12.1 Å². The van der Waals surface area contributed by atoms with Crippen LogP contribution in [0.1, 0.15) is 26.2 Å². The fraction of sp³-hybridized carbons (Fsp3) is 0.900. The second-order valence-electron chi connectivity index (χ2n) is 4.08. The van der Waals surface area contributed by atoms with Crippen LogP contribution in [0.5, 0.6) is 0 Å². The van der Waals surface area contributed by atoms with Gasteiger partial charge in [0.2, 0.25) is 0 Å². The lowest BCUT2D eigenvalue weighted by Crippen LogP contribution is -2.46. The summed E-state index contributed by atoms with van der Waals surface area (Å²) in [4.78, 5) is 11.2. The average Bonchev–Trinajstić information content (AvgIpc) is 2.10. The second-order valence-corrected chi connectivity index (χ2v) is 4.08. The van der Waals surface area contributed by atoms with E-state index in [1.807, 2.05) is 0 Å². The third kappa shape index (κ3) is 5.59. The first kappa shape index (κ1) is 12.3. The monoisotopic (exact) mass is 215 g/mol. The Balaban J connectivity index is 1.88. The van der Waals surface area contributed by atoms with E-state index in [0.29, 0.717) is 25.7 Å². The van der Waals surface area contributed by atoms with E-state index in [9.17, 15) is 4.79 Å². The van der Waals surface area contributed by atoms with Gasteiger partial charge in [0.15, 0.2) is 0 Å². The number of carbonyl (C=O) groups is 1. The molecule has 0 radical (unpaired) electrons. The van der Waals surface area contributed by atoms with Crippen LogP contribution in [-0.4, -0.2) is 42.9 Å². The normalized spacial score (nSPS) is 18.0. The van der Waals surface area contributed by atoms with Gasteiger partial charge in [-0.05, 0) is 26.2 Å². The highest BCUT2D eigenvalue weighted by atomic mass is 16.3. The molecule has 0 bridgehead atoms. The Morgan fingerprint density at radius 1 is 1.47 bits per heavy atom. The molecular formula is C10H21N3O2. The van der Waals surface area contributed by atoms with Gasteiger partial charge in [-0.15, -0.1) is 0 Å². The van der Waals surface area contributed by atoms with Crippen molar-refractivity contribution >= 4 is 6.03 Å². The molecule has 1 saturated carbocycles. The molecule has 88 valence electrons. The minimum Gasteiger partial charge on any atom is -0.392 e. The van der Waals surface area contributed by atoms with Crippen LogP contribution >= 0.6 is 0 Å². The molecule has 1 aliphatic carbocycles. The summed E-state index contributed by atoms with van der Waals surface area (Å²) in [5.41, 5.74) is 0. The number of hydrogen-bond acceptors (Lipinski definition) is 3. The molecule has 0 saturated heterocycles. The van der Waals surface area contributed by atoms with E-state index >= 15 is 0 Å². The van der Waals surface area contributed by atoms with Gasteiger partial charge in [0.25, 0.3) is 0 Å². The summed E-state index contributed by atoms with van der Waals surface area (Å²) in [7, 11) is 0. The number of nitrogens with one attached hydrogen (secondary N) is 3. The number of urea groups is 1. The second kappa shape index (κ2) is 6.63. The molecule has 0 aliphatic heterocycles. The Morgan fingerprint density at radius 2 is 2.20 bits per heavy atom. The summed E-state index contributed by atoms with van der Waals surface area (Å²) < 4.78 is 0. The van der Waals surface area contributed by atoms with Crippen molar-refractivity contribution < 1.29 is 9.90 Å². The number of aliphatic hydroxyl groups excluding tert-OH is 1. The molecule has 0 aromatic heterocycles. The van der Waals surface area contributed by atoms with Gasteiger partial charge in [-0.25, -0.2) is 4.79 Å². The summed E-state index contributed by atoms with van der Waals surface area (Å²) in [5.74, 6) is 0. The Labute approximate surface area is 90.6 Å². The summed E-state index contributed by atoms with van der Waals surface area (Å²) in [5, 5.41) is 17.6. The van der Waals surface area contributed by atoms with Gasteiger partial charge < -0.3 is 21.1 Å². The lowest BCUT2D eigenvalue weighted by Gasteiger charge is -2.26. The molecule has 1 unspecified atom stereocenters. The van der Waals surface area contributed by atoms with Crippen molar-refractivity contribution in [1.82, 2.24) is 16.0 Å². The molecule has 5 nitrogen and oxygen atoms in total. The van der Waals surface area contributed by atoms with Crippen LogP contribution in [-0.2, 0) is 0 Å². The lowest BCUT2D eigenvalue weighted by molar-refractivity contribution is 0.191. The quantitative estimate of drug-likeness (QED) is 0.464. The molecule has 1 rings (SSSR count). The minimum absolute atomic E-state index is 0.0847. The molecule has 0 aromatic rings. The number of rotatable bonds is 6. The van der Waals surface area contributed by atoms with Crippen LogP contribution in [0.15, 0.2) is 0 Å². The summed E-state index contributed by atoms with van der Waals surface area (Å²) in [6.45, 7) is 3.56. The van der Waals surface area contributed by atoms with Crippen molar-refractivity contribution in [2.24, 2.45) is 0 Å². The van der Waals surface area contributed by atoms with E-state index in [2.05, 4.69) is 16.0 Å². The standard InChI is InChI=1S/C10H21N3O2/c1-8(14)7-11-5-6-12-10(15)13-9-3-2-4-9/h8-9,11,14H,2-7H2,1H3,(H2,12,13,15). The van der Waals surface area contributed by atoms with Gasteiger partial charge in [0.05, 0.1) is 6.10 Å². The zero-order valence-electron chi connectivity index (χ0n) is 9.25. The molecule has 15 heavy (non-hydrogen) atoms. The Hall–Kier alpha value is -0.810. The molecular weight excluding hydrogens is 194 g/mol. The first-order chi connectivity index (χ1) is 7.18. The number of carbonyl (C=O) groups excluding carboxylic acids is 1. The van der Waals surface area contributed by atoms with Crippen molar-refractivity contribution in [3.63, 3.8) is 0 Å². The molecule has 2 amide bonds. The minimum atomic E-state index is -0.339. The largest absolute Gasteiger partial charge is 0.392 e. The zero-order chi connectivity index (χ0) is 11.1. The first-order valence-corrected chi connectivity index (χ1v) is 5.61. The van der Waals surface area contributed by atoms with Crippen molar-refractivity contribution in [3.8, 4) is 0 Å². The van der Waals surface area contributed by atoms with Crippen molar-refractivity contribution in [2.75, 3.05) is 19.6 Å². The highest BCUT2D eigenvalue weighted by Gasteiger charge is 2.18. The van der Waals surface area contributed by atoms with Crippen LogP contribution < -0.4 is 16.0 Å². The predicted molar refractivity (Wildman–Crippen MR) is 58.7 cm³/mol. The van der Waals surface area contributed by atoms with Crippen LogP contribution in [0.4, 0.5) is 4.79 Å². The van der Waals surface area contributed by atoms with E-state index < -0.39 is 0 Å². The average molecular weight is 215 g/mol. The van der Waals surface area contributed by atoms with Gasteiger partial charge in [-0.2, -0.15) is 0 Å². The van der Waals surface area contributed by atoms with Crippen LogP contribution in [0.25, 0.3) is 0 Å². The Bertz CT molecular complexity index is 193. The van der Waals surface area contributed by atoms with Crippen LogP contribution in [0.3, 0.4) is 0 Å². The summed E-state index contributed by atoms with van der Waals surface area (Å²) in [6, 6.07) is 0.300. The Kier molecular flexibility index (Phi) is 5.42. The molecule has 4 N–H and O–H groups in total. The van der Waals surface area contributed by atoms with E-state index in [1.54, 1.807) is 6.92 Å². The van der Waals surface area contributed by atoms with Gasteiger partial charge in [0, 0.05) is 25.7 Å². The van der Waals surface area contributed by atoms with E-state index in [4.69, 9.17) is 5.11 Å². The third-order valence-electron chi connectivity index (χ3n) is 2.47. The summed E-state index contributed by atoms with van der Waals surface area (Å²) in [6.07, 6.45) is 3.09. The van der Waals surface area contributed by atoms with Gasteiger partial charge in [-0.3, -0.25) is 0 Å². The summed E-state index contributed by atoms with van der Waals surface area (Å²) >= 11 is 0. The first-order valence-electron chi connectivity index (χ1n) is 5.61. The maximum Gasteiger partial charge on any atom is 0.315 e. The number of hydrogen-bond donors (Lipinski definition) is 4. The van der Waals surface area contributed by atoms with Gasteiger partial charge >= 0.3 is 6.03 Å².